The number of carbonyl (C=O) groups is 2. The lowest BCUT2D eigenvalue weighted by Crippen LogP contribution is -2.41. The highest BCUT2D eigenvalue weighted by atomic mass is 32.1. The molecule has 0 atom stereocenters. The Morgan fingerprint density at radius 1 is 0.867 bits per heavy atom. The average molecular weight is 435 g/mol. The van der Waals surface area contributed by atoms with Crippen LogP contribution >= 0.6 is 11.3 Å². The molecule has 2 rings (SSSR count). The highest BCUT2D eigenvalue weighted by Gasteiger charge is 2.19. The number of carbonyl (C=O) groups excluding carboxylic acids is 2. The van der Waals surface area contributed by atoms with Gasteiger partial charge in [-0.1, -0.05) is 13.3 Å². The first-order chi connectivity index (χ1) is 14.4. The smallest absolute Gasteiger partial charge is 0.279 e. The maximum absolute atomic E-state index is 12.7. The van der Waals surface area contributed by atoms with Crippen molar-refractivity contribution in [3.63, 3.8) is 0 Å². The molecule has 0 saturated heterocycles. The Balaban J connectivity index is 2.17. The summed E-state index contributed by atoms with van der Waals surface area (Å²) in [5, 5.41) is 0. The normalized spacial score (nSPS) is 10.4. The van der Waals surface area contributed by atoms with Gasteiger partial charge < -0.3 is 14.2 Å². The van der Waals surface area contributed by atoms with Gasteiger partial charge >= 0.3 is 0 Å². The van der Waals surface area contributed by atoms with Crippen LogP contribution in [0.4, 0.5) is 0 Å². The summed E-state index contributed by atoms with van der Waals surface area (Å²) in [6, 6.07) is 5.03. The van der Waals surface area contributed by atoms with Gasteiger partial charge in [-0.25, -0.2) is 0 Å². The molecule has 164 valence electrons. The van der Waals surface area contributed by atoms with E-state index in [0.29, 0.717) is 47.5 Å². The van der Waals surface area contributed by atoms with Crippen molar-refractivity contribution in [3.05, 3.63) is 39.1 Å². The molecule has 2 N–H and O–H groups in total. The molecule has 1 aromatic carbocycles. The fourth-order valence-corrected chi connectivity index (χ4v) is 3.88. The second-order valence-corrected chi connectivity index (χ2v) is 7.71. The molecular weight excluding hydrogens is 404 g/mol. The van der Waals surface area contributed by atoms with Crippen LogP contribution in [0.2, 0.25) is 0 Å². The molecule has 2 aromatic rings. The molecule has 0 unspecified atom stereocenters. The number of amides is 2. The Morgan fingerprint density at radius 2 is 1.43 bits per heavy atom. The van der Waals surface area contributed by atoms with Crippen molar-refractivity contribution >= 4 is 23.2 Å². The first-order valence-corrected chi connectivity index (χ1v) is 11.0. The van der Waals surface area contributed by atoms with Crippen LogP contribution < -0.4 is 25.1 Å². The van der Waals surface area contributed by atoms with Crippen LogP contribution in [0.5, 0.6) is 17.2 Å². The minimum absolute atomic E-state index is 0.291. The van der Waals surface area contributed by atoms with Crippen LogP contribution in [-0.2, 0) is 6.42 Å². The number of rotatable bonds is 10. The molecule has 0 bridgehead atoms. The van der Waals surface area contributed by atoms with E-state index in [4.69, 9.17) is 14.2 Å². The minimum atomic E-state index is -0.477. The van der Waals surface area contributed by atoms with Crippen LogP contribution in [0.15, 0.2) is 18.2 Å². The van der Waals surface area contributed by atoms with Crippen molar-refractivity contribution in [2.45, 2.75) is 47.5 Å². The molecule has 7 nitrogen and oxygen atoms in total. The first-order valence-electron chi connectivity index (χ1n) is 10.2. The topological polar surface area (TPSA) is 85.9 Å². The van der Waals surface area contributed by atoms with Gasteiger partial charge in [0.1, 0.15) is 0 Å². The Kier molecular flexibility index (Phi) is 8.98. The first kappa shape index (κ1) is 23.5. The van der Waals surface area contributed by atoms with Gasteiger partial charge in [0.2, 0.25) is 5.75 Å². The van der Waals surface area contributed by atoms with E-state index in [1.54, 1.807) is 12.1 Å². The fourth-order valence-electron chi connectivity index (χ4n) is 2.92. The van der Waals surface area contributed by atoms with E-state index in [1.165, 1.54) is 11.3 Å². The lowest BCUT2D eigenvalue weighted by Gasteiger charge is -2.17. The molecule has 0 aliphatic rings. The summed E-state index contributed by atoms with van der Waals surface area (Å²) in [5.74, 6) is 0.467. The highest BCUT2D eigenvalue weighted by molar-refractivity contribution is 7.14. The summed E-state index contributed by atoms with van der Waals surface area (Å²) in [6.07, 6.45) is 1.94. The Bertz CT molecular complexity index is 851. The number of hydrogen-bond acceptors (Lipinski definition) is 6. The van der Waals surface area contributed by atoms with Crippen LogP contribution in [0.1, 0.15) is 64.6 Å². The van der Waals surface area contributed by atoms with E-state index in [1.807, 2.05) is 33.8 Å². The molecule has 0 fully saturated rings. The van der Waals surface area contributed by atoms with Crippen molar-refractivity contribution < 1.29 is 23.8 Å². The van der Waals surface area contributed by atoms with E-state index in [-0.39, 0.29) is 5.91 Å². The number of hydrogen-bond donors (Lipinski definition) is 2. The summed E-state index contributed by atoms with van der Waals surface area (Å²) in [7, 11) is 0. The predicted molar refractivity (Wildman–Crippen MR) is 118 cm³/mol. The van der Waals surface area contributed by atoms with Gasteiger partial charge in [-0.2, -0.15) is 0 Å². The molecule has 0 spiro atoms. The standard InChI is InChI=1S/C22H30N2O5S/c1-6-10-15-13-19(30-14(15)5)22(26)24-23-21(25)16-11-17(27-7-2)20(29-9-4)18(12-16)28-8-3/h11-13H,6-10H2,1-5H3,(H,23,25)(H,24,26). The van der Waals surface area contributed by atoms with Gasteiger partial charge in [-0.05, 0) is 57.9 Å². The molecule has 1 heterocycles. The number of benzene rings is 1. The molecule has 0 aliphatic carbocycles. The SMILES string of the molecule is CCCc1cc(C(=O)NNC(=O)c2cc(OCC)c(OCC)c(OCC)c2)sc1C. The summed E-state index contributed by atoms with van der Waals surface area (Å²) in [5.41, 5.74) is 6.40. The maximum atomic E-state index is 12.7. The summed E-state index contributed by atoms with van der Waals surface area (Å²) < 4.78 is 16.9. The van der Waals surface area contributed by atoms with Crippen LogP contribution in [0.3, 0.4) is 0 Å². The molecule has 0 aliphatic heterocycles. The number of hydrazine groups is 1. The molecule has 2 amide bonds. The largest absolute Gasteiger partial charge is 0.490 e. The van der Waals surface area contributed by atoms with Crippen molar-refractivity contribution in [1.82, 2.24) is 10.9 Å². The predicted octanol–water partition coefficient (Wildman–Crippen LogP) is 4.28. The summed E-state index contributed by atoms with van der Waals surface area (Å²) in [4.78, 5) is 26.8. The van der Waals surface area contributed by atoms with Gasteiger partial charge in [-0.15, -0.1) is 11.3 Å². The van der Waals surface area contributed by atoms with Crippen molar-refractivity contribution in [1.29, 1.82) is 0 Å². The molecule has 0 saturated carbocycles. The Morgan fingerprint density at radius 3 is 1.97 bits per heavy atom. The Hall–Kier alpha value is -2.74. The van der Waals surface area contributed by atoms with E-state index in [9.17, 15) is 9.59 Å². The highest BCUT2D eigenvalue weighted by Crippen LogP contribution is 2.39. The molecule has 1 aromatic heterocycles. The molecular formula is C22H30N2O5S. The zero-order valence-corrected chi connectivity index (χ0v) is 19.0. The summed E-state index contributed by atoms with van der Waals surface area (Å²) >= 11 is 1.42. The van der Waals surface area contributed by atoms with Crippen LogP contribution in [0.25, 0.3) is 0 Å². The van der Waals surface area contributed by atoms with Crippen LogP contribution in [0, 0.1) is 6.92 Å². The van der Waals surface area contributed by atoms with E-state index in [2.05, 4.69) is 17.8 Å². The maximum Gasteiger partial charge on any atom is 0.279 e. The van der Waals surface area contributed by atoms with Gasteiger partial charge in [0.25, 0.3) is 11.8 Å². The molecule has 30 heavy (non-hydrogen) atoms. The summed E-state index contributed by atoms with van der Waals surface area (Å²) in [6.45, 7) is 10.9. The average Bonchev–Trinajstić information content (AvgIpc) is 3.09. The number of ether oxygens (including phenoxy) is 3. The fraction of sp³-hybridized carbons (Fsp3) is 0.455. The zero-order valence-electron chi connectivity index (χ0n) is 18.2. The minimum Gasteiger partial charge on any atom is -0.490 e. The Labute approximate surface area is 181 Å². The third-order valence-electron chi connectivity index (χ3n) is 4.22. The third-order valence-corrected chi connectivity index (χ3v) is 5.32. The third kappa shape index (κ3) is 5.89. The zero-order chi connectivity index (χ0) is 22.1. The van der Waals surface area contributed by atoms with Gasteiger partial charge in [0.05, 0.1) is 24.7 Å². The van der Waals surface area contributed by atoms with Crippen molar-refractivity contribution in [3.8, 4) is 17.2 Å². The van der Waals surface area contributed by atoms with Gasteiger partial charge in [0.15, 0.2) is 11.5 Å². The van der Waals surface area contributed by atoms with E-state index < -0.39 is 5.91 Å². The second-order valence-electron chi connectivity index (χ2n) is 6.45. The van der Waals surface area contributed by atoms with E-state index in [0.717, 1.165) is 23.3 Å². The number of nitrogens with one attached hydrogen (secondary N) is 2. The second kappa shape index (κ2) is 11.4. The molecule has 0 radical (unpaired) electrons. The number of aryl methyl sites for hydroxylation is 2. The van der Waals surface area contributed by atoms with Gasteiger partial charge in [0, 0.05) is 10.4 Å². The quantitative estimate of drug-likeness (QED) is 0.545. The monoisotopic (exact) mass is 434 g/mol. The van der Waals surface area contributed by atoms with Crippen molar-refractivity contribution in [2.24, 2.45) is 0 Å². The van der Waals surface area contributed by atoms with E-state index >= 15 is 0 Å². The van der Waals surface area contributed by atoms with Gasteiger partial charge in [-0.3, -0.25) is 20.4 Å². The number of thiophene rings is 1. The lowest BCUT2D eigenvalue weighted by molar-refractivity contribution is 0.0848. The lowest BCUT2D eigenvalue weighted by atomic mass is 10.1. The van der Waals surface area contributed by atoms with Crippen molar-refractivity contribution in [2.75, 3.05) is 19.8 Å². The molecule has 8 heteroatoms. The van der Waals surface area contributed by atoms with Crippen LogP contribution in [-0.4, -0.2) is 31.6 Å².